The van der Waals surface area contributed by atoms with Gasteiger partial charge in [0.2, 0.25) is 5.91 Å². The molecular formula is C20H16F4N2O2. The van der Waals surface area contributed by atoms with Crippen LogP contribution in [0.4, 0.5) is 17.6 Å². The monoisotopic (exact) mass is 392 g/mol. The Hall–Kier alpha value is -3.16. The molecule has 0 fully saturated rings. The third kappa shape index (κ3) is 4.97. The van der Waals surface area contributed by atoms with Gasteiger partial charge in [-0.15, -0.1) is 0 Å². The van der Waals surface area contributed by atoms with E-state index in [0.717, 1.165) is 12.1 Å². The molecular weight excluding hydrogens is 376 g/mol. The summed E-state index contributed by atoms with van der Waals surface area (Å²) in [7, 11) is 0. The number of carbonyl (C=O) groups excluding carboxylic acids is 1. The summed E-state index contributed by atoms with van der Waals surface area (Å²) in [6, 6.07) is 10.5. The highest BCUT2D eigenvalue weighted by molar-refractivity contribution is 5.76. The summed E-state index contributed by atoms with van der Waals surface area (Å²) in [6.45, 7) is 0.122. The topological polar surface area (TPSA) is 55.1 Å². The molecule has 0 unspecified atom stereocenters. The van der Waals surface area contributed by atoms with Crippen LogP contribution in [0.1, 0.15) is 23.1 Å². The fourth-order valence-corrected chi connectivity index (χ4v) is 2.66. The van der Waals surface area contributed by atoms with Gasteiger partial charge in [-0.05, 0) is 36.2 Å². The van der Waals surface area contributed by atoms with Crippen LogP contribution in [0.5, 0.6) is 0 Å². The Bertz CT molecular complexity index is 949. The van der Waals surface area contributed by atoms with Gasteiger partial charge in [0, 0.05) is 24.1 Å². The van der Waals surface area contributed by atoms with Gasteiger partial charge in [0.25, 0.3) is 0 Å². The second-order valence-corrected chi connectivity index (χ2v) is 6.17. The molecule has 3 aromatic rings. The minimum absolute atomic E-state index is 0.122. The molecule has 0 saturated heterocycles. The van der Waals surface area contributed by atoms with E-state index in [-0.39, 0.29) is 18.9 Å². The van der Waals surface area contributed by atoms with Crippen molar-refractivity contribution >= 4 is 5.91 Å². The zero-order valence-corrected chi connectivity index (χ0v) is 14.6. The number of aryl methyl sites for hydroxylation is 1. The van der Waals surface area contributed by atoms with Gasteiger partial charge < -0.3 is 9.84 Å². The van der Waals surface area contributed by atoms with Gasteiger partial charge in [0.15, 0.2) is 0 Å². The molecule has 1 aromatic heterocycles. The van der Waals surface area contributed by atoms with Crippen molar-refractivity contribution < 1.29 is 26.9 Å². The molecule has 1 heterocycles. The first-order chi connectivity index (χ1) is 13.3. The summed E-state index contributed by atoms with van der Waals surface area (Å²) in [6.07, 6.45) is -2.53. The maximum Gasteiger partial charge on any atom is 0.416 e. The van der Waals surface area contributed by atoms with Gasteiger partial charge in [-0.3, -0.25) is 4.79 Å². The van der Waals surface area contributed by atoms with Crippen molar-refractivity contribution in [3.05, 3.63) is 77.3 Å². The zero-order valence-electron chi connectivity index (χ0n) is 14.6. The lowest BCUT2D eigenvalue weighted by Crippen LogP contribution is -2.23. The van der Waals surface area contributed by atoms with Crippen molar-refractivity contribution in [1.29, 1.82) is 0 Å². The number of carbonyl (C=O) groups is 1. The SMILES string of the molecule is O=C(CCc1conc1-c1cccc(F)c1)NCc1ccc(C(F)(F)F)cc1. The number of nitrogens with zero attached hydrogens (tertiary/aromatic N) is 1. The zero-order chi connectivity index (χ0) is 20.1. The Morgan fingerprint density at radius 2 is 1.86 bits per heavy atom. The van der Waals surface area contributed by atoms with Crippen molar-refractivity contribution in [2.24, 2.45) is 0 Å². The Kier molecular flexibility index (Phi) is 5.77. The van der Waals surface area contributed by atoms with Crippen LogP contribution in [-0.4, -0.2) is 11.1 Å². The number of alkyl halides is 3. The highest BCUT2D eigenvalue weighted by Crippen LogP contribution is 2.29. The van der Waals surface area contributed by atoms with Gasteiger partial charge in [-0.25, -0.2) is 4.39 Å². The van der Waals surface area contributed by atoms with E-state index in [2.05, 4.69) is 10.5 Å². The third-order valence-electron chi connectivity index (χ3n) is 4.13. The fourth-order valence-electron chi connectivity index (χ4n) is 2.66. The van der Waals surface area contributed by atoms with E-state index in [1.165, 1.54) is 30.5 Å². The number of benzene rings is 2. The number of halogens is 4. The second-order valence-electron chi connectivity index (χ2n) is 6.17. The Morgan fingerprint density at radius 1 is 1.11 bits per heavy atom. The highest BCUT2D eigenvalue weighted by atomic mass is 19.4. The molecule has 2 aromatic carbocycles. The van der Waals surface area contributed by atoms with Gasteiger partial charge in [0.1, 0.15) is 17.8 Å². The lowest BCUT2D eigenvalue weighted by atomic mass is 10.0. The average Bonchev–Trinajstić information content (AvgIpc) is 3.13. The summed E-state index contributed by atoms with van der Waals surface area (Å²) in [5.74, 6) is -0.674. The average molecular weight is 392 g/mol. The molecule has 28 heavy (non-hydrogen) atoms. The quantitative estimate of drug-likeness (QED) is 0.616. The second kappa shape index (κ2) is 8.24. The molecule has 0 saturated carbocycles. The summed E-state index contributed by atoms with van der Waals surface area (Å²) in [5.41, 5.74) is 1.51. The maximum atomic E-state index is 13.4. The summed E-state index contributed by atoms with van der Waals surface area (Å²) >= 11 is 0. The molecule has 0 radical (unpaired) electrons. The summed E-state index contributed by atoms with van der Waals surface area (Å²) in [5, 5.41) is 6.52. The molecule has 0 atom stereocenters. The standard InChI is InChI=1S/C20H16F4N2O2/c21-17-3-1-2-14(10-17)19-15(12-28-26-19)6-9-18(27)25-11-13-4-7-16(8-5-13)20(22,23)24/h1-5,7-8,10,12H,6,9,11H2,(H,25,27). The molecule has 8 heteroatoms. The first-order valence-corrected chi connectivity index (χ1v) is 8.45. The van der Waals surface area contributed by atoms with Crippen LogP contribution in [0.2, 0.25) is 0 Å². The van der Waals surface area contributed by atoms with E-state index < -0.39 is 17.6 Å². The molecule has 0 spiro atoms. The van der Waals surface area contributed by atoms with E-state index in [9.17, 15) is 22.4 Å². The molecule has 0 aliphatic carbocycles. The number of rotatable bonds is 6. The molecule has 1 N–H and O–H groups in total. The molecule has 3 rings (SSSR count). The van der Waals surface area contributed by atoms with Crippen molar-refractivity contribution in [3.8, 4) is 11.3 Å². The van der Waals surface area contributed by atoms with E-state index >= 15 is 0 Å². The normalized spacial score (nSPS) is 11.4. The van der Waals surface area contributed by atoms with E-state index in [0.29, 0.717) is 28.8 Å². The van der Waals surface area contributed by atoms with Crippen LogP contribution >= 0.6 is 0 Å². The van der Waals surface area contributed by atoms with Crippen LogP contribution in [-0.2, 0) is 23.9 Å². The van der Waals surface area contributed by atoms with Gasteiger partial charge in [-0.1, -0.05) is 29.4 Å². The minimum atomic E-state index is -4.39. The number of amides is 1. The molecule has 146 valence electrons. The lowest BCUT2D eigenvalue weighted by molar-refractivity contribution is -0.137. The van der Waals surface area contributed by atoms with E-state index in [4.69, 9.17) is 4.52 Å². The Balaban J connectivity index is 1.54. The lowest BCUT2D eigenvalue weighted by Gasteiger charge is -2.08. The fraction of sp³-hybridized carbons (Fsp3) is 0.200. The molecule has 0 aliphatic heterocycles. The summed E-state index contributed by atoms with van der Waals surface area (Å²) < 4.78 is 55.9. The van der Waals surface area contributed by atoms with Crippen molar-refractivity contribution in [2.45, 2.75) is 25.6 Å². The van der Waals surface area contributed by atoms with Gasteiger partial charge >= 0.3 is 6.18 Å². The van der Waals surface area contributed by atoms with Crippen LogP contribution in [0.3, 0.4) is 0 Å². The predicted molar refractivity (Wildman–Crippen MR) is 93.5 cm³/mol. The number of aromatic nitrogens is 1. The number of hydrogen-bond donors (Lipinski definition) is 1. The van der Waals surface area contributed by atoms with Crippen molar-refractivity contribution in [2.75, 3.05) is 0 Å². The number of hydrogen-bond acceptors (Lipinski definition) is 3. The first kappa shape index (κ1) is 19.6. The Morgan fingerprint density at radius 3 is 2.54 bits per heavy atom. The van der Waals surface area contributed by atoms with Crippen LogP contribution in [0.25, 0.3) is 11.3 Å². The first-order valence-electron chi connectivity index (χ1n) is 8.45. The van der Waals surface area contributed by atoms with Crippen molar-refractivity contribution in [3.63, 3.8) is 0 Å². The van der Waals surface area contributed by atoms with Crippen molar-refractivity contribution in [1.82, 2.24) is 10.5 Å². The van der Waals surface area contributed by atoms with Gasteiger partial charge in [0.05, 0.1) is 5.56 Å². The highest BCUT2D eigenvalue weighted by Gasteiger charge is 2.29. The minimum Gasteiger partial charge on any atom is -0.364 e. The van der Waals surface area contributed by atoms with Crippen LogP contribution in [0, 0.1) is 5.82 Å². The Labute approximate surface area is 158 Å². The predicted octanol–water partition coefficient (Wildman–Crippen LogP) is 4.75. The molecule has 4 nitrogen and oxygen atoms in total. The third-order valence-corrected chi connectivity index (χ3v) is 4.13. The summed E-state index contributed by atoms with van der Waals surface area (Å²) in [4.78, 5) is 12.0. The van der Waals surface area contributed by atoms with E-state index in [1.54, 1.807) is 12.1 Å². The smallest absolute Gasteiger partial charge is 0.364 e. The maximum absolute atomic E-state index is 13.4. The van der Waals surface area contributed by atoms with Crippen LogP contribution < -0.4 is 5.32 Å². The van der Waals surface area contributed by atoms with Crippen LogP contribution in [0.15, 0.2) is 59.3 Å². The largest absolute Gasteiger partial charge is 0.416 e. The number of nitrogens with one attached hydrogen (secondary N) is 1. The molecule has 0 aliphatic rings. The molecule has 0 bridgehead atoms. The molecule has 1 amide bonds. The van der Waals surface area contributed by atoms with E-state index in [1.807, 2.05) is 0 Å². The van der Waals surface area contributed by atoms with Gasteiger partial charge in [-0.2, -0.15) is 13.2 Å².